The molecule has 27 heavy (non-hydrogen) atoms. The average molecular weight is 373 g/mol. The molecule has 0 bridgehead atoms. The van der Waals surface area contributed by atoms with Gasteiger partial charge in [-0.1, -0.05) is 13.0 Å². The van der Waals surface area contributed by atoms with Crippen molar-refractivity contribution in [1.29, 1.82) is 0 Å². The third-order valence-corrected chi connectivity index (χ3v) is 4.43. The molecule has 0 saturated heterocycles. The number of rotatable bonds is 11. The van der Waals surface area contributed by atoms with Crippen molar-refractivity contribution in [2.75, 3.05) is 38.4 Å². The number of ether oxygens (including phenoxy) is 3. The van der Waals surface area contributed by atoms with Gasteiger partial charge in [-0.3, -0.25) is 0 Å². The third kappa shape index (κ3) is 6.45. The summed E-state index contributed by atoms with van der Waals surface area (Å²) in [4.78, 5) is 0. The fourth-order valence-corrected chi connectivity index (χ4v) is 2.88. The van der Waals surface area contributed by atoms with Gasteiger partial charge in [-0.25, -0.2) is 0 Å². The van der Waals surface area contributed by atoms with Crippen molar-refractivity contribution < 1.29 is 14.2 Å². The molecule has 0 amide bonds. The van der Waals surface area contributed by atoms with Crippen LogP contribution >= 0.6 is 0 Å². The molecule has 0 aliphatic rings. The quantitative estimate of drug-likeness (QED) is 0.454. The Kier molecular flexibility index (Phi) is 8.43. The van der Waals surface area contributed by atoms with Crippen molar-refractivity contribution in [1.82, 2.24) is 0 Å². The van der Waals surface area contributed by atoms with Crippen LogP contribution in [0.1, 0.15) is 32.3 Å². The van der Waals surface area contributed by atoms with Crippen molar-refractivity contribution in [3.63, 3.8) is 0 Å². The Balaban J connectivity index is 2.19. The van der Waals surface area contributed by atoms with Gasteiger partial charge in [0.25, 0.3) is 0 Å². The summed E-state index contributed by atoms with van der Waals surface area (Å²) in [5.74, 6) is 0.752. The Hall–Kier alpha value is -2.24. The van der Waals surface area contributed by atoms with Crippen LogP contribution in [0.2, 0.25) is 0 Å². The van der Waals surface area contributed by atoms with Gasteiger partial charge >= 0.3 is 0 Å². The largest absolute Gasteiger partial charge is 0.490 e. The lowest BCUT2D eigenvalue weighted by Gasteiger charge is -2.16. The zero-order valence-electron chi connectivity index (χ0n) is 16.7. The van der Waals surface area contributed by atoms with Crippen LogP contribution in [-0.2, 0) is 15.9 Å². The second kappa shape index (κ2) is 10.8. The van der Waals surface area contributed by atoms with E-state index in [0.717, 1.165) is 54.0 Å². The molecule has 5 nitrogen and oxygen atoms in total. The smallest absolute Gasteiger partial charge is 0.129 e. The molecule has 0 heterocycles. The molecule has 2 rings (SSSR count). The first-order valence-electron chi connectivity index (χ1n) is 9.56. The van der Waals surface area contributed by atoms with Crippen LogP contribution in [0.5, 0.6) is 5.75 Å². The summed E-state index contributed by atoms with van der Waals surface area (Å²) in [6.45, 7) is 6.02. The summed E-state index contributed by atoms with van der Waals surface area (Å²) >= 11 is 0. The predicted molar refractivity (Wildman–Crippen MR) is 112 cm³/mol. The van der Waals surface area contributed by atoms with E-state index in [2.05, 4.69) is 19.9 Å². The van der Waals surface area contributed by atoms with Gasteiger partial charge < -0.3 is 25.7 Å². The summed E-state index contributed by atoms with van der Waals surface area (Å²) in [5, 5.41) is 0. The molecular weight excluding hydrogens is 340 g/mol. The molecule has 1 unspecified atom stereocenters. The molecule has 2 aromatic rings. The van der Waals surface area contributed by atoms with Gasteiger partial charge in [0.2, 0.25) is 0 Å². The highest BCUT2D eigenvalue weighted by molar-refractivity contribution is 5.75. The normalized spacial score (nSPS) is 12.1. The average Bonchev–Trinajstić information content (AvgIpc) is 2.66. The number of benzene rings is 2. The zero-order chi connectivity index (χ0) is 19.6. The van der Waals surface area contributed by atoms with Gasteiger partial charge in [0.15, 0.2) is 0 Å². The van der Waals surface area contributed by atoms with Crippen LogP contribution in [0.3, 0.4) is 0 Å². The minimum absolute atomic E-state index is 0.220. The van der Waals surface area contributed by atoms with E-state index in [1.54, 1.807) is 7.11 Å². The van der Waals surface area contributed by atoms with Gasteiger partial charge in [-0.05, 0) is 61.6 Å². The minimum Gasteiger partial charge on any atom is -0.490 e. The van der Waals surface area contributed by atoms with Crippen molar-refractivity contribution >= 4 is 11.4 Å². The van der Waals surface area contributed by atoms with Crippen molar-refractivity contribution in [3.05, 3.63) is 42.0 Å². The molecule has 0 radical (unpaired) electrons. The van der Waals surface area contributed by atoms with Crippen LogP contribution in [0.4, 0.5) is 11.4 Å². The molecule has 0 aliphatic heterocycles. The molecule has 5 heteroatoms. The maximum absolute atomic E-state index is 6.21. The highest BCUT2D eigenvalue weighted by atomic mass is 16.5. The van der Waals surface area contributed by atoms with Gasteiger partial charge in [0.05, 0.1) is 12.7 Å². The lowest BCUT2D eigenvalue weighted by molar-refractivity contribution is 0.0610. The summed E-state index contributed by atoms with van der Waals surface area (Å²) in [7, 11) is 1.65. The van der Waals surface area contributed by atoms with E-state index in [-0.39, 0.29) is 6.10 Å². The van der Waals surface area contributed by atoms with E-state index in [1.807, 2.05) is 30.3 Å². The Morgan fingerprint density at radius 2 is 1.81 bits per heavy atom. The summed E-state index contributed by atoms with van der Waals surface area (Å²) in [6.07, 6.45) is 3.06. The molecule has 2 aromatic carbocycles. The molecule has 0 spiro atoms. The maximum atomic E-state index is 6.21. The zero-order valence-corrected chi connectivity index (χ0v) is 16.7. The third-order valence-electron chi connectivity index (χ3n) is 4.43. The molecular formula is C22H32N2O3. The summed E-state index contributed by atoms with van der Waals surface area (Å²) < 4.78 is 16.7. The predicted octanol–water partition coefficient (Wildman–Crippen LogP) is 4.29. The Labute approximate surface area is 162 Å². The van der Waals surface area contributed by atoms with E-state index in [9.17, 15) is 0 Å². The molecule has 1 atom stereocenters. The fraction of sp³-hybridized carbons (Fsp3) is 0.455. The number of anilines is 2. The highest BCUT2D eigenvalue weighted by Gasteiger charge is 2.11. The number of methoxy groups -OCH3 is 1. The minimum atomic E-state index is 0.220. The SMILES string of the molecule is CCCOC(C)CCc1cc(-c2ccc(N)cc2OCCOC)ccc1N. The number of nitrogen functional groups attached to an aromatic ring is 2. The topological polar surface area (TPSA) is 79.7 Å². The van der Waals surface area contributed by atoms with E-state index in [4.69, 9.17) is 25.7 Å². The maximum Gasteiger partial charge on any atom is 0.129 e. The van der Waals surface area contributed by atoms with Crippen molar-refractivity contribution in [2.24, 2.45) is 0 Å². The number of aryl methyl sites for hydroxylation is 1. The molecule has 0 saturated carbocycles. The fourth-order valence-electron chi connectivity index (χ4n) is 2.88. The molecule has 148 valence electrons. The van der Waals surface area contributed by atoms with Crippen LogP contribution in [0.25, 0.3) is 11.1 Å². The Bertz CT molecular complexity index is 719. The first-order chi connectivity index (χ1) is 13.0. The summed E-state index contributed by atoms with van der Waals surface area (Å²) in [5.41, 5.74) is 16.8. The van der Waals surface area contributed by atoms with Gasteiger partial charge in [0.1, 0.15) is 12.4 Å². The van der Waals surface area contributed by atoms with Crippen LogP contribution in [0.15, 0.2) is 36.4 Å². The summed E-state index contributed by atoms with van der Waals surface area (Å²) in [6, 6.07) is 11.8. The van der Waals surface area contributed by atoms with E-state index in [0.29, 0.717) is 18.9 Å². The second-order valence-corrected chi connectivity index (χ2v) is 6.73. The second-order valence-electron chi connectivity index (χ2n) is 6.73. The van der Waals surface area contributed by atoms with Crippen LogP contribution in [-0.4, -0.2) is 33.0 Å². The van der Waals surface area contributed by atoms with E-state index >= 15 is 0 Å². The van der Waals surface area contributed by atoms with Crippen LogP contribution < -0.4 is 16.2 Å². The standard InChI is InChI=1S/C22H32N2O3/c1-4-11-26-16(2)5-6-18-14-17(7-10-21(18)24)20-9-8-19(23)15-22(20)27-13-12-25-3/h7-10,14-16H,4-6,11-13,23-24H2,1-3H3. The highest BCUT2D eigenvalue weighted by Crippen LogP contribution is 2.34. The molecule has 4 N–H and O–H groups in total. The monoisotopic (exact) mass is 372 g/mol. The number of nitrogens with two attached hydrogens (primary N) is 2. The van der Waals surface area contributed by atoms with Gasteiger partial charge in [0, 0.05) is 36.7 Å². The van der Waals surface area contributed by atoms with Crippen molar-refractivity contribution in [3.8, 4) is 16.9 Å². The molecule has 0 aliphatic carbocycles. The van der Waals surface area contributed by atoms with Gasteiger partial charge in [-0.2, -0.15) is 0 Å². The first-order valence-corrected chi connectivity index (χ1v) is 9.56. The van der Waals surface area contributed by atoms with E-state index < -0.39 is 0 Å². The first kappa shape index (κ1) is 21.1. The lowest BCUT2D eigenvalue weighted by Crippen LogP contribution is -2.10. The number of hydrogen-bond acceptors (Lipinski definition) is 5. The Morgan fingerprint density at radius 3 is 2.56 bits per heavy atom. The van der Waals surface area contributed by atoms with Crippen LogP contribution in [0, 0.1) is 0 Å². The molecule has 0 aromatic heterocycles. The van der Waals surface area contributed by atoms with Gasteiger partial charge in [-0.15, -0.1) is 0 Å². The Morgan fingerprint density at radius 1 is 1.00 bits per heavy atom. The molecule has 0 fully saturated rings. The van der Waals surface area contributed by atoms with E-state index in [1.165, 1.54) is 0 Å². The van der Waals surface area contributed by atoms with Crippen molar-refractivity contribution in [2.45, 2.75) is 39.2 Å². The number of hydrogen-bond donors (Lipinski definition) is 2. The lowest BCUT2D eigenvalue weighted by atomic mass is 9.98.